The van der Waals surface area contributed by atoms with Crippen LogP contribution in [-0.4, -0.2) is 53.9 Å². The first-order chi connectivity index (χ1) is 15.1. The van der Waals surface area contributed by atoms with E-state index in [1.54, 1.807) is 28.1 Å². The van der Waals surface area contributed by atoms with Crippen LogP contribution >= 0.6 is 0 Å². The third kappa shape index (κ3) is 4.56. The summed E-state index contributed by atoms with van der Waals surface area (Å²) in [7, 11) is -2.01. The Bertz CT molecular complexity index is 1110. The van der Waals surface area contributed by atoms with E-state index in [-0.39, 0.29) is 23.1 Å². The Labute approximate surface area is 190 Å². The largest absolute Gasteiger partial charge is 0.383 e. The predicted octanol–water partition coefficient (Wildman–Crippen LogP) is 2.89. The first-order valence-corrected chi connectivity index (χ1v) is 12.9. The smallest absolute Gasteiger partial charge is 0.346 e. The normalized spacial score (nSPS) is 20.6. The Morgan fingerprint density at radius 1 is 1.12 bits per heavy atom. The van der Waals surface area contributed by atoms with Gasteiger partial charge in [-0.05, 0) is 48.8 Å². The van der Waals surface area contributed by atoms with E-state index < -0.39 is 10.0 Å². The average molecular weight is 463 g/mol. The minimum atomic E-state index is -3.61. The molecule has 2 aliphatic rings. The molecule has 2 aromatic rings. The Kier molecular flexibility index (Phi) is 6.35. The molecule has 9 heteroatoms. The Balaban J connectivity index is 1.59. The second-order valence-corrected chi connectivity index (χ2v) is 11.9. The van der Waals surface area contributed by atoms with Gasteiger partial charge in [0.2, 0.25) is 10.0 Å². The lowest BCUT2D eigenvalue weighted by molar-refractivity contribution is 0.182. The van der Waals surface area contributed by atoms with Crippen molar-refractivity contribution in [1.82, 2.24) is 18.7 Å². The van der Waals surface area contributed by atoms with Gasteiger partial charge in [0.1, 0.15) is 5.82 Å². The van der Waals surface area contributed by atoms with Crippen LogP contribution < -0.4 is 5.69 Å². The van der Waals surface area contributed by atoms with Crippen LogP contribution in [0.3, 0.4) is 0 Å². The van der Waals surface area contributed by atoms with Crippen LogP contribution in [0.1, 0.15) is 69.8 Å². The first kappa shape index (κ1) is 23.2. The van der Waals surface area contributed by atoms with Crippen molar-refractivity contribution in [1.29, 1.82) is 0 Å². The van der Waals surface area contributed by atoms with Gasteiger partial charge >= 0.3 is 5.69 Å². The van der Waals surface area contributed by atoms with Crippen molar-refractivity contribution in [2.45, 2.75) is 75.3 Å². The van der Waals surface area contributed by atoms with E-state index in [1.165, 1.54) is 4.68 Å². The number of sulfonamides is 1. The zero-order valence-corrected chi connectivity index (χ0v) is 20.3. The summed E-state index contributed by atoms with van der Waals surface area (Å²) in [6.45, 7) is 7.97. The van der Waals surface area contributed by atoms with Crippen LogP contribution in [0.4, 0.5) is 0 Å². The molecule has 4 rings (SSSR count). The van der Waals surface area contributed by atoms with E-state index in [9.17, 15) is 13.2 Å². The van der Waals surface area contributed by atoms with E-state index in [0.29, 0.717) is 31.1 Å². The molecule has 2 fully saturated rings. The summed E-state index contributed by atoms with van der Waals surface area (Å²) < 4.78 is 36.7. The van der Waals surface area contributed by atoms with Gasteiger partial charge in [0.25, 0.3) is 0 Å². The van der Waals surface area contributed by atoms with Crippen LogP contribution in [0.15, 0.2) is 34.0 Å². The monoisotopic (exact) mass is 462 g/mol. The molecule has 0 N–H and O–H groups in total. The van der Waals surface area contributed by atoms with Gasteiger partial charge in [0.15, 0.2) is 0 Å². The molecule has 0 bridgehead atoms. The fourth-order valence-electron chi connectivity index (χ4n) is 4.36. The standard InChI is InChI=1S/C23H34N4O4S/c1-23(2,3)18-7-11-20(12-8-18)32(29,30)25-13-5-6-17(16-25)21-24-26(14-15-31-4)22(28)27(21)19-9-10-19/h7-8,11-12,17,19H,5-6,9-10,13-16H2,1-4H3. The highest BCUT2D eigenvalue weighted by atomic mass is 32.2. The van der Waals surface area contributed by atoms with E-state index in [4.69, 9.17) is 4.74 Å². The van der Waals surface area contributed by atoms with Gasteiger partial charge in [-0.1, -0.05) is 32.9 Å². The molecule has 1 saturated carbocycles. The molecule has 1 aliphatic heterocycles. The highest BCUT2D eigenvalue weighted by Gasteiger charge is 2.37. The summed E-state index contributed by atoms with van der Waals surface area (Å²) in [6.07, 6.45) is 3.51. The van der Waals surface area contributed by atoms with Crippen LogP contribution in [0.25, 0.3) is 0 Å². The predicted molar refractivity (Wildman–Crippen MR) is 123 cm³/mol. The molecule has 2 heterocycles. The molecule has 1 atom stereocenters. The van der Waals surface area contributed by atoms with Gasteiger partial charge in [-0.25, -0.2) is 17.9 Å². The third-order valence-electron chi connectivity index (χ3n) is 6.42. The average Bonchev–Trinajstić information content (AvgIpc) is 3.55. The van der Waals surface area contributed by atoms with Crippen molar-refractivity contribution in [2.24, 2.45) is 0 Å². The molecule has 0 spiro atoms. The number of ether oxygens (including phenoxy) is 1. The number of aromatic nitrogens is 3. The topological polar surface area (TPSA) is 86.4 Å². The highest BCUT2D eigenvalue weighted by molar-refractivity contribution is 7.89. The first-order valence-electron chi connectivity index (χ1n) is 11.4. The number of piperidine rings is 1. The van der Waals surface area contributed by atoms with E-state index >= 15 is 0 Å². The number of hydrogen-bond donors (Lipinski definition) is 0. The van der Waals surface area contributed by atoms with Crippen LogP contribution in [0, 0.1) is 0 Å². The van der Waals surface area contributed by atoms with Crippen molar-refractivity contribution in [3.05, 3.63) is 46.1 Å². The zero-order valence-electron chi connectivity index (χ0n) is 19.5. The molecule has 1 aromatic heterocycles. The molecule has 176 valence electrons. The third-order valence-corrected chi connectivity index (χ3v) is 8.30. The number of rotatable bonds is 7. The Morgan fingerprint density at radius 2 is 1.81 bits per heavy atom. The lowest BCUT2D eigenvalue weighted by Gasteiger charge is -2.31. The quantitative estimate of drug-likeness (QED) is 0.632. The van der Waals surface area contributed by atoms with Crippen molar-refractivity contribution in [3.63, 3.8) is 0 Å². The minimum Gasteiger partial charge on any atom is -0.383 e. The fourth-order valence-corrected chi connectivity index (χ4v) is 5.89. The van der Waals surface area contributed by atoms with Crippen LogP contribution in [-0.2, 0) is 26.7 Å². The number of methoxy groups -OCH3 is 1. The van der Waals surface area contributed by atoms with Gasteiger partial charge < -0.3 is 4.74 Å². The summed E-state index contributed by atoms with van der Waals surface area (Å²) in [6, 6.07) is 7.40. The molecule has 0 amide bonds. The summed E-state index contributed by atoms with van der Waals surface area (Å²) in [4.78, 5) is 13.2. The molecular weight excluding hydrogens is 428 g/mol. The van der Waals surface area contributed by atoms with Gasteiger partial charge in [0, 0.05) is 32.2 Å². The maximum absolute atomic E-state index is 13.4. The number of benzene rings is 1. The molecule has 1 aliphatic carbocycles. The molecule has 0 radical (unpaired) electrons. The second kappa shape index (κ2) is 8.76. The van der Waals surface area contributed by atoms with Crippen LogP contribution in [0.5, 0.6) is 0 Å². The van der Waals surface area contributed by atoms with Gasteiger partial charge in [0.05, 0.1) is 18.0 Å². The summed E-state index contributed by atoms with van der Waals surface area (Å²) in [5, 5.41) is 4.63. The Morgan fingerprint density at radius 3 is 2.41 bits per heavy atom. The van der Waals surface area contributed by atoms with E-state index in [0.717, 1.165) is 37.1 Å². The molecule has 1 unspecified atom stereocenters. The van der Waals surface area contributed by atoms with E-state index in [1.807, 2.05) is 12.1 Å². The maximum atomic E-state index is 13.4. The van der Waals surface area contributed by atoms with Crippen molar-refractivity contribution >= 4 is 10.0 Å². The van der Waals surface area contributed by atoms with Crippen molar-refractivity contribution in [2.75, 3.05) is 26.8 Å². The molecular formula is C23H34N4O4S. The highest BCUT2D eigenvalue weighted by Crippen LogP contribution is 2.38. The lowest BCUT2D eigenvalue weighted by Crippen LogP contribution is -2.40. The molecule has 1 saturated heterocycles. The minimum absolute atomic E-state index is 0.0351. The van der Waals surface area contributed by atoms with E-state index in [2.05, 4.69) is 25.9 Å². The maximum Gasteiger partial charge on any atom is 0.346 e. The van der Waals surface area contributed by atoms with Crippen LogP contribution in [0.2, 0.25) is 0 Å². The van der Waals surface area contributed by atoms with Crippen molar-refractivity contribution in [3.8, 4) is 0 Å². The van der Waals surface area contributed by atoms with Gasteiger partial charge in [-0.15, -0.1) is 0 Å². The summed E-state index contributed by atoms with van der Waals surface area (Å²) >= 11 is 0. The molecule has 1 aromatic carbocycles. The number of hydrogen-bond acceptors (Lipinski definition) is 5. The second-order valence-electron chi connectivity index (χ2n) is 9.93. The zero-order chi connectivity index (χ0) is 23.1. The Hall–Kier alpha value is -1.97. The van der Waals surface area contributed by atoms with Gasteiger partial charge in [-0.2, -0.15) is 9.40 Å². The number of nitrogens with zero attached hydrogens (tertiary/aromatic N) is 4. The fraction of sp³-hybridized carbons (Fsp3) is 0.652. The summed E-state index contributed by atoms with van der Waals surface area (Å²) in [5.74, 6) is 0.626. The van der Waals surface area contributed by atoms with Crippen molar-refractivity contribution < 1.29 is 13.2 Å². The SMILES string of the molecule is COCCn1nc(C2CCCN(S(=O)(=O)c3ccc(C(C)(C)C)cc3)C2)n(C2CC2)c1=O. The summed E-state index contributed by atoms with van der Waals surface area (Å²) in [5.41, 5.74) is 0.951. The molecule has 8 nitrogen and oxygen atoms in total. The van der Waals surface area contributed by atoms with Gasteiger partial charge in [-0.3, -0.25) is 4.57 Å². The molecule has 32 heavy (non-hydrogen) atoms. The lowest BCUT2D eigenvalue weighted by atomic mass is 9.87.